The molecule has 0 aromatic heterocycles. The number of hydrogen-bond donors (Lipinski definition) is 0. The molecule has 0 unspecified atom stereocenters. The molecule has 0 radical (unpaired) electrons. The summed E-state index contributed by atoms with van der Waals surface area (Å²) >= 11 is 5.22. The van der Waals surface area contributed by atoms with Gasteiger partial charge >= 0.3 is 0 Å². The van der Waals surface area contributed by atoms with Gasteiger partial charge in [0, 0.05) is 18.7 Å². The van der Waals surface area contributed by atoms with Crippen LogP contribution in [0.25, 0.3) is 6.08 Å². The predicted molar refractivity (Wildman–Crippen MR) is 128 cm³/mol. The average molecular weight is 636 g/mol. The number of benzene rings is 2. The number of thioether (sulfide) groups is 1. The molecule has 0 aliphatic carbocycles. The van der Waals surface area contributed by atoms with Crippen LogP contribution in [0.1, 0.15) is 18.1 Å². The molecule has 1 aliphatic heterocycles. The van der Waals surface area contributed by atoms with E-state index in [4.69, 9.17) is 4.74 Å². The summed E-state index contributed by atoms with van der Waals surface area (Å²) in [5.74, 6) is 0.384. The fourth-order valence-electron chi connectivity index (χ4n) is 2.64. The molecule has 1 saturated heterocycles. The molecular formula is C19H14I2N2O5S. The first kappa shape index (κ1) is 22.0. The minimum Gasteiger partial charge on any atom is -0.487 e. The lowest BCUT2D eigenvalue weighted by atomic mass is 10.2. The van der Waals surface area contributed by atoms with Crippen LogP contribution in [0.5, 0.6) is 5.75 Å². The van der Waals surface area contributed by atoms with E-state index in [-0.39, 0.29) is 23.4 Å². The fraction of sp³-hybridized carbons (Fsp3) is 0.158. The van der Waals surface area contributed by atoms with Crippen LogP contribution in [0, 0.1) is 17.3 Å². The highest BCUT2D eigenvalue weighted by atomic mass is 127. The first-order chi connectivity index (χ1) is 13.8. The Balaban J connectivity index is 1.79. The Hall–Kier alpha value is -1.67. The SMILES string of the molecule is CCN1C(=O)S/C(=C/c2cc(I)c(OCc3cccc([N+](=O)[O-])c3)c(I)c2)C1=O. The minimum absolute atomic E-state index is 0.0202. The van der Waals surface area contributed by atoms with Gasteiger partial charge in [0.15, 0.2) is 0 Å². The second kappa shape index (κ2) is 9.43. The lowest BCUT2D eigenvalue weighted by Crippen LogP contribution is -2.27. The van der Waals surface area contributed by atoms with Crippen molar-refractivity contribution >= 4 is 79.9 Å². The molecule has 2 amide bonds. The summed E-state index contributed by atoms with van der Waals surface area (Å²) in [5, 5.41) is 10.6. The van der Waals surface area contributed by atoms with E-state index in [1.54, 1.807) is 25.1 Å². The molecular weight excluding hydrogens is 622 g/mol. The number of non-ortho nitro benzene ring substituents is 1. The summed E-state index contributed by atoms with van der Waals surface area (Å²) in [4.78, 5) is 36.2. The van der Waals surface area contributed by atoms with E-state index in [0.29, 0.717) is 22.8 Å². The van der Waals surface area contributed by atoms with Crippen molar-refractivity contribution in [3.05, 3.63) is 69.7 Å². The molecule has 2 aromatic rings. The number of halogens is 2. The maximum Gasteiger partial charge on any atom is 0.293 e. The van der Waals surface area contributed by atoms with Crippen LogP contribution in [0.3, 0.4) is 0 Å². The summed E-state index contributed by atoms with van der Waals surface area (Å²) in [6.07, 6.45) is 1.70. The van der Waals surface area contributed by atoms with Gasteiger partial charge in [-0.1, -0.05) is 12.1 Å². The highest BCUT2D eigenvalue weighted by Crippen LogP contribution is 2.35. The van der Waals surface area contributed by atoms with E-state index in [9.17, 15) is 19.7 Å². The molecule has 1 heterocycles. The molecule has 0 atom stereocenters. The zero-order valence-corrected chi connectivity index (χ0v) is 20.2. The van der Waals surface area contributed by atoms with Crippen molar-refractivity contribution in [1.29, 1.82) is 0 Å². The monoisotopic (exact) mass is 636 g/mol. The quantitative estimate of drug-likeness (QED) is 0.182. The number of nitro groups is 1. The Morgan fingerprint density at radius 1 is 1.21 bits per heavy atom. The summed E-state index contributed by atoms with van der Waals surface area (Å²) < 4.78 is 7.56. The number of nitro benzene ring substituents is 1. The molecule has 1 fully saturated rings. The lowest BCUT2D eigenvalue weighted by molar-refractivity contribution is -0.384. The zero-order chi connectivity index (χ0) is 21.1. The van der Waals surface area contributed by atoms with Crippen molar-refractivity contribution in [3.63, 3.8) is 0 Å². The van der Waals surface area contributed by atoms with Crippen molar-refractivity contribution in [2.45, 2.75) is 13.5 Å². The van der Waals surface area contributed by atoms with Gasteiger partial charge in [-0.2, -0.15) is 0 Å². The lowest BCUT2D eigenvalue weighted by Gasteiger charge is -2.12. The van der Waals surface area contributed by atoms with Crippen LogP contribution in [-0.4, -0.2) is 27.5 Å². The highest BCUT2D eigenvalue weighted by Gasteiger charge is 2.33. The number of hydrogen-bond acceptors (Lipinski definition) is 6. The molecule has 0 saturated carbocycles. The topological polar surface area (TPSA) is 89.8 Å². The van der Waals surface area contributed by atoms with Crippen molar-refractivity contribution in [3.8, 4) is 5.75 Å². The molecule has 150 valence electrons. The van der Waals surface area contributed by atoms with E-state index in [1.165, 1.54) is 17.0 Å². The van der Waals surface area contributed by atoms with Gasteiger partial charge in [0.2, 0.25) is 0 Å². The van der Waals surface area contributed by atoms with E-state index in [2.05, 4.69) is 45.2 Å². The standard InChI is InChI=1S/C19H14I2N2O5S/c1-2-22-18(24)16(29-19(22)25)9-12-7-14(20)17(15(21)8-12)28-10-11-4-3-5-13(6-11)23(26)27/h3-9H,2,10H2,1H3/b16-9+. The number of imide groups is 1. The van der Waals surface area contributed by atoms with Gasteiger partial charge in [-0.3, -0.25) is 24.6 Å². The summed E-state index contributed by atoms with van der Waals surface area (Å²) in [6, 6.07) is 10.0. The van der Waals surface area contributed by atoms with Crippen molar-refractivity contribution < 1.29 is 19.2 Å². The van der Waals surface area contributed by atoms with Gasteiger partial charge in [-0.05, 0) is 93.2 Å². The third-order valence-electron chi connectivity index (χ3n) is 4.01. The first-order valence-corrected chi connectivity index (χ1v) is 11.4. The van der Waals surface area contributed by atoms with E-state index in [0.717, 1.165) is 24.5 Å². The van der Waals surface area contributed by atoms with E-state index < -0.39 is 4.92 Å². The number of ether oxygens (including phenoxy) is 1. The second-order valence-corrected chi connectivity index (χ2v) is 9.27. The van der Waals surface area contributed by atoms with Crippen molar-refractivity contribution in [2.24, 2.45) is 0 Å². The molecule has 0 spiro atoms. The summed E-state index contributed by atoms with van der Waals surface area (Å²) in [7, 11) is 0. The molecule has 10 heteroatoms. The van der Waals surface area contributed by atoms with Crippen LogP contribution in [0.15, 0.2) is 41.3 Å². The molecule has 2 aromatic carbocycles. The van der Waals surface area contributed by atoms with Crippen molar-refractivity contribution in [2.75, 3.05) is 6.54 Å². The Morgan fingerprint density at radius 2 is 1.90 bits per heavy atom. The molecule has 3 rings (SSSR count). The normalized spacial score (nSPS) is 15.3. The Bertz CT molecular complexity index is 1020. The van der Waals surface area contributed by atoms with Crippen LogP contribution >= 0.6 is 56.9 Å². The molecule has 29 heavy (non-hydrogen) atoms. The third-order valence-corrected chi connectivity index (χ3v) is 6.52. The van der Waals surface area contributed by atoms with E-state index in [1.807, 2.05) is 12.1 Å². The Labute approximate surface area is 198 Å². The molecule has 1 aliphatic rings. The van der Waals surface area contributed by atoms with Gasteiger partial charge in [0.25, 0.3) is 16.8 Å². The fourth-order valence-corrected chi connectivity index (χ4v) is 5.67. The van der Waals surface area contributed by atoms with Crippen LogP contribution in [0.2, 0.25) is 0 Å². The van der Waals surface area contributed by atoms with Gasteiger partial charge in [0.05, 0.1) is 17.0 Å². The predicted octanol–water partition coefficient (Wildman–Crippen LogP) is 5.44. The first-order valence-electron chi connectivity index (χ1n) is 8.40. The number of carbonyl (C=O) groups is 2. The zero-order valence-electron chi connectivity index (χ0n) is 15.1. The maximum absolute atomic E-state index is 12.3. The number of rotatable bonds is 6. The van der Waals surface area contributed by atoms with Gasteiger partial charge in [0.1, 0.15) is 12.4 Å². The second-order valence-electron chi connectivity index (χ2n) is 5.96. The Kier molecular flexibility index (Phi) is 7.16. The number of nitrogens with zero attached hydrogens (tertiary/aromatic N) is 2. The van der Waals surface area contributed by atoms with E-state index >= 15 is 0 Å². The van der Waals surface area contributed by atoms with Crippen LogP contribution in [-0.2, 0) is 11.4 Å². The maximum atomic E-state index is 12.3. The van der Waals surface area contributed by atoms with Gasteiger partial charge < -0.3 is 4.74 Å². The molecule has 7 nitrogen and oxygen atoms in total. The van der Waals surface area contributed by atoms with Crippen LogP contribution in [0.4, 0.5) is 10.5 Å². The average Bonchev–Trinajstić information content (AvgIpc) is 2.93. The summed E-state index contributed by atoms with van der Waals surface area (Å²) in [5.41, 5.74) is 1.51. The number of carbonyl (C=O) groups excluding carboxylic acids is 2. The van der Waals surface area contributed by atoms with Crippen LogP contribution < -0.4 is 4.74 Å². The van der Waals surface area contributed by atoms with Gasteiger partial charge in [-0.15, -0.1) is 0 Å². The summed E-state index contributed by atoms with van der Waals surface area (Å²) in [6.45, 7) is 2.31. The molecule has 0 N–H and O–H groups in total. The highest BCUT2D eigenvalue weighted by molar-refractivity contribution is 14.1. The molecule has 0 bridgehead atoms. The van der Waals surface area contributed by atoms with Gasteiger partial charge in [-0.25, -0.2) is 0 Å². The Morgan fingerprint density at radius 3 is 2.48 bits per heavy atom. The van der Waals surface area contributed by atoms with Crippen molar-refractivity contribution in [1.82, 2.24) is 4.90 Å². The largest absolute Gasteiger partial charge is 0.487 e. The smallest absolute Gasteiger partial charge is 0.293 e. The minimum atomic E-state index is -0.438. The number of amides is 2. The number of likely N-dealkylation sites (N-methyl/N-ethyl adjacent to an activating group) is 1. The third kappa shape index (κ3) is 5.09.